The number of benzene rings is 2. The minimum absolute atomic E-state index is 0. The average molecular weight is 535 g/mol. The maximum Gasteiger partial charge on any atom is 0.134 e. The molecule has 5 aromatic rings. The van der Waals surface area contributed by atoms with Gasteiger partial charge in [0.05, 0.1) is 17.6 Å². The van der Waals surface area contributed by atoms with E-state index in [1.165, 1.54) is 0 Å². The molecule has 7 heteroatoms. The van der Waals surface area contributed by atoms with Crippen molar-refractivity contribution in [1.29, 1.82) is 0 Å². The van der Waals surface area contributed by atoms with Gasteiger partial charge in [-0.2, -0.15) is 5.10 Å². The van der Waals surface area contributed by atoms with E-state index in [0.717, 1.165) is 63.2 Å². The van der Waals surface area contributed by atoms with Crippen LogP contribution >= 0.6 is 0 Å². The maximum atomic E-state index is 11.8. The van der Waals surface area contributed by atoms with Crippen molar-refractivity contribution in [3.8, 4) is 22.5 Å². The van der Waals surface area contributed by atoms with Crippen molar-refractivity contribution < 1.29 is 37.5 Å². The van der Waals surface area contributed by atoms with Gasteiger partial charge in [-0.15, -0.1) is 23.6 Å². The first-order chi connectivity index (χ1) is 16.5. The van der Waals surface area contributed by atoms with Crippen molar-refractivity contribution in [2.45, 2.75) is 32.6 Å². The predicted molar refractivity (Wildman–Crippen MR) is 133 cm³/mol. The first kappa shape index (κ1) is 23.8. The van der Waals surface area contributed by atoms with Crippen molar-refractivity contribution in [3.63, 3.8) is 0 Å². The molecule has 0 saturated heterocycles. The van der Waals surface area contributed by atoms with Gasteiger partial charge in [0.25, 0.3) is 0 Å². The van der Waals surface area contributed by atoms with Crippen LogP contribution in [0.25, 0.3) is 38.9 Å². The molecule has 1 aliphatic rings. The first-order valence-corrected chi connectivity index (χ1v) is 11.5. The van der Waals surface area contributed by atoms with E-state index in [2.05, 4.69) is 36.3 Å². The van der Waals surface area contributed by atoms with Crippen LogP contribution in [0, 0.1) is 18.9 Å². The Morgan fingerprint density at radius 2 is 1.86 bits per heavy atom. The maximum absolute atomic E-state index is 11.8. The first-order valence-electron chi connectivity index (χ1n) is 11.5. The van der Waals surface area contributed by atoms with Crippen LogP contribution in [0.3, 0.4) is 0 Å². The summed E-state index contributed by atoms with van der Waals surface area (Å²) in [5, 5.41) is 5.53. The molecule has 2 aromatic carbocycles. The summed E-state index contributed by atoms with van der Waals surface area (Å²) in [4.78, 5) is 21.8. The Balaban J connectivity index is 0.00000253. The van der Waals surface area contributed by atoms with Gasteiger partial charge in [0.2, 0.25) is 0 Å². The number of carbonyl (C=O) groups is 1. The van der Waals surface area contributed by atoms with E-state index in [-0.39, 0.29) is 50.3 Å². The number of imidazole rings is 1. The Hall–Kier alpha value is -2.96. The molecular formula is C28H24N5OY-. The average Bonchev–Trinajstić information content (AvgIpc) is 3.19. The number of hydrogen-bond acceptors (Lipinski definition) is 5. The molecule has 0 spiro atoms. The van der Waals surface area contributed by atoms with Crippen molar-refractivity contribution in [2.24, 2.45) is 5.92 Å². The van der Waals surface area contributed by atoms with Gasteiger partial charge in [-0.1, -0.05) is 42.0 Å². The minimum Gasteiger partial charge on any atom is -0.397 e. The molecule has 0 atom stereocenters. The van der Waals surface area contributed by atoms with E-state index in [9.17, 15) is 4.79 Å². The molecule has 1 aliphatic carbocycles. The number of nitrogens with zero attached hydrogens (tertiary/aromatic N) is 4. The van der Waals surface area contributed by atoms with Crippen LogP contribution in [0.4, 0.5) is 5.69 Å². The number of Topliss-reactive ketones (excluding diaryl/α,β-unsaturated/α-hetero) is 1. The number of aryl methyl sites for hydroxylation is 1. The molecule has 1 saturated carbocycles. The predicted octanol–water partition coefficient (Wildman–Crippen LogP) is 5.38. The number of pyridine rings is 1. The smallest absolute Gasteiger partial charge is 0.134 e. The van der Waals surface area contributed by atoms with E-state index in [1.807, 2.05) is 34.8 Å². The fraction of sp³-hybridized carbons (Fsp3) is 0.214. The Kier molecular flexibility index (Phi) is 6.28. The summed E-state index contributed by atoms with van der Waals surface area (Å²) < 4.78 is 1.86. The van der Waals surface area contributed by atoms with Crippen LogP contribution in [-0.4, -0.2) is 25.4 Å². The Bertz CT molecular complexity index is 1570. The zero-order valence-electron chi connectivity index (χ0n) is 19.7. The number of aromatic nitrogens is 4. The summed E-state index contributed by atoms with van der Waals surface area (Å²) in [6.07, 6.45) is 3.31. The second-order valence-electron chi connectivity index (χ2n) is 9.13. The largest absolute Gasteiger partial charge is 0.397 e. The number of nitrogens with two attached hydrogens (primary N) is 1. The molecule has 35 heavy (non-hydrogen) atoms. The number of ketones is 1. The molecule has 171 valence electrons. The molecule has 6 nitrogen and oxygen atoms in total. The van der Waals surface area contributed by atoms with Crippen molar-refractivity contribution in [1.82, 2.24) is 19.6 Å². The van der Waals surface area contributed by atoms with E-state index in [4.69, 9.17) is 15.7 Å². The summed E-state index contributed by atoms with van der Waals surface area (Å²) in [5.41, 5.74) is 13.5. The SMILES string of the molecule is CC(=O)C1CC(c2nc(-c3ccc4[c-]cc(-c5ccccc5)nc4c3C)c3c(N)ccnn23)C1.[Y]. The van der Waals surface area contributed by atoms with Gasteiger partial charge < -0.3 is 10.7 Å². The van der Waals surface area contributed by atoms with E-state index < -0.39 is 0 Å². The topological polar surface area (TPSA) is 86.2 Å². The van der Waals surface area contributed by atoms with E-state index in [0.29, 0.717) is 5.69 Å². The van der Waals surface area contributed by atoms with Crippen LogP contribution in [-0.2, 0) is 37.5 Å². The van der Waals surface area contributed by atoms with Crippen molar-refractivity contribution in [2.75, 3.05) is 5.73 Å². The molecule has 3 heterocycles. The molecule has 0 amide bonds. The third-order valence-corrected chi connectivity index (χ3v) is 7.02. The van der Waals surface area contributed by atoms with Crippen molar-refractivity contribution in [3.05, 3.63) is 78.2 Å². The molecule has 3 aromatic heterocycles. The number of anilines is 1. The minimum atomic E-state index is 0. The van der Waals surface area contributed by atoms with Gasteiger partial charge in [0, 0.05) is 44.5 Å². The zero-order valence-corrected chi connectivity index (χ0v) is 22.5. The Morgan fingerprint density at radius 1 is 1.09 bits per heavy atom. The number of rotatable bonds is 4. The summed E-state index contributed by atoms with van der Waals surface area (Å²) in [5.74, 6) is 1.42. The molecule has 0 unspecified atom stereocenters. The molecule has 0 bridgehead atoms. The van der Waals surface area contributed by atoms with Crippen LogP contribution < -0.4 is 5.73 Å². The van der Waals surface area contributed by atoms with Gasteiger partial charge in [-0.3, -0.25) is 4.79 Å². The Morgan fingerprint density at radius 3 is 2.60 bits per heavy atom. The monoisotopic (exact) mass is 535 g/mol. The van der Waals surface area contributed by atoms with E-state index in [1.54, 1.807) is 19.2 Å². The second-order valence-corrected chi connectivity index (χ2v) is 9.13. The van der Waals surface area contributed by atoms with Gasteiger partial charge in [0.1, 0.15) is 17.1 Å². The van der Waals surface area contributed by atoms with Gasteiger partial charge in [-0.25, -0.2) is 9.50 Å². The van der Waals surface area contributed by atoms with Gasteiger partial charge in [0.15, 0.2) is 0 Å². The van der Waals surface area contributed by atoms with E-state index >= 15 is 0 Å². The van der Waals surface area contributed by atoms with Crippen LogP contribution in [0.1, 0.15) is 37.1 Å². The third-order valence-electron chi connectivity index (χ3n) is 7.02. The fourth-order valence-corrected chi connectivity index (χ4v) is 4.95. The molecule has 1 radical (unpaired) electrons. The van der Waals surface area contributed by atoms with Gasteiger partial charge in [-0.05, 0) is 55.1 Å². The molecule has 6 rings (SSSR count). The third kappa shape index (κ3) is 3.99. The molecule has 2 N–H and O–H groups in total. The summed E-state index contributed by atoms with van der Waals surface area (Å²) in [7, 11) is 0. The summed E-state index contributed by atoms with van der Waals surface area (Å²) in [6, 6.07) is 21.3. The number of fused-ring (bicyclic) bond motifs is 2. The Labute approximate surface area is 228 Å². The summed E-state index contributed by atoms with van der Waals surface area (Å²) >= 11 is 0. The van der Waals surface area contributed by atoms with Crippen molar-refractivity contribution >= 4 is 27.9 Å². The van der Waals surface area contributed by atoms with Crippen LogP contribution in [0.2, 0.25) is 0 Å². The van der Waals surface area contributed by atoms with Gasteiger partial charge >= 0.3 is 0 Å². The zero-order chi connectivity index (χ0) is 23.4. The normalized spacial score (nSPS) is 17.2. The molecular weight excluding hydrogens is 511 g/mol. The fourth-order valence-electron chi connectivity index (χ4n) is 4.95. The number of hydrogen-bond donors (Lipinski definition) is 1. The number of nitrogen functional groups attached to an aromatic ring is 1. The van der Waals surface area contributed by atoms with Crippen LogP contribution in [0.15, 0.2) is 60.8 Å². The summed E-state index contributed by atoms with van der Waals surface area (Å²) in [6.45, 7) is 3.73. The molecule has 0 aliphatic heterocycles. The quantitative estimate of drug-likeness (QED) is 0.312. The second kappa shape index (κ2) is 9.25. The number of carbonyl (C=O) groups excluding carboxylic acids is 1. The standard InChI is InChI=1S/C28H24N5O.Y/c1-16-22(10-8-19-9-11-24(31-25(16)19)18-6-4-3-5-7-18)26-27-23(29)12-13-30-33(27)28(32-26)21-14-20(15-21)17(2)34;/h3-8,10-13,20-21H,14-15,29H2,1-2H3;/q-1;. The molecule has 1 fully saturated rings. The van der Waals surface area contributed by atoms with Crippen LogP contribution in [0.5, 0.6) is 0 Å².